The van der Waals surface area contributed by atoms with Crippen molar-refractivity contribution in [2.24, 2.45) is 5.84 Å². The normalized spacial score (nSPS) is 10.0. The molecule has 0 radical (unpaired) electrons. The molecule has 0 spiro atoms. The fraction of sp³-hybridized carbons (Fsp3) is 0. The minimum atomic E-state index is 0.441. The molecule has 0 bridgehead atoms. The first kappa shape index (κ1) is 9.82. The van der Waals surface area contributed by atoms with Gasteiger partial charge in [-0.1, -0.05) is 11.6 Å². The molecule has 3 N–H and O–H groups in total. The third-order valence-corrected chi connectivity index (χ3v) is 2.08. The zero-order chi connectivity index (χ0) is 10.7. The molecule has 0 fully saturated rings. The van der Waals surface area contributed by atoms with Gasteiger partial charge in [0, 0.05) is 18.5 Å². The number of halogens is 1. The van der Waals surface area contributed by atoms with Crippen LogP contribution in [0.4, 0.5) is 5.82 Å². The van der Waals surface area contributed by atoms with Gasteiger partial charge in [0.15, 0.2) is 5.82 Å². The van der Waals surface area contributed by atoms with Crippen LogP contribution in [0.1, 0.15) is 0 Å². The van der Waals surface area contributed by atoms with Crippen molar-refractivity contribution >= 4 is 17.4 Å². The minimum absolute atomic E-state index is 0.441. The van der Waals surface area contributed by atoms with Crippen molar-refractivity contribution in [2.75, 3.05) is 5.43 Å². The summed E-state index contributed by atoms with van der Waals surface area (Å²) >= 11 is 5.96. The standard InChI is InChI=1S/C9H8ClN5/c10-6-2-1-4-12-8(6)9-13-5-3-7(14-9)15-11/h1-5H,11H2,(H,13,14,15). The van der Waals surface area contributed by atoms with E-state index in [-0.39, 0.29) is 0 Å². The quantitative estimate of drug-likeness (QED) is 0.593. The van der Waals surface area contributed by atoms with Crippen molar-refractivity contribution in [3.63, 3.8) is 0 Å². The summed E-state index contributed by atoms with van der Waals surface area (Å²) in [5.74, 6) is 6.20. The summed E-state index contributed by atoms with van der Waals surface area (Å²) in [5, 5.41) is 0.506. The molecular formula is C9H8ClN5. The second-order valence-electron chi connectivity index (χ2n) is 2.74. The SMILES string of the molecule is NNc1ccnc(-c2ncccc2Cl)n1. The van der Waals surface area contributed by atoms with Gasteiger partial charge in [0.1, 0.15) is 11.5 Å². The van der Waals surface area contributed by atoms with E-state index < -0.39 is 0 Å². The van der Waals surface area contributed by atoms with Crippen LogP contribution in [0.3, 0.4) is 0 Å². The summed E-state index contributed by atoms with van der Waals surface area (Å²) in [6, 6.07) is 5.13. The molecule has 15 heavy (non-hydrogen) atoms. The van der Waals surface area contributed by atoms with Gasteiger partial charge in [0.25, 0.3) is 0 Å². The fourth-order valence-electron chi connectivity index (χ4n) is 1.10. The lowest BCUT2D eigenvalue weighted by molar-refractivity contribution is 1.12. The first-order valence-corrected chi connectivity index (χ1v) is 4.59. The van der Waals surface area contributed by atoms with E-state index in [1.807, 2.05) is 0 Å². The summed E-state index contributed by atoms with van der Waals surface area (Å²) in [7, 11) is 0. The van der Waals surface area contributed by atoms with Gasteiger partial charge in [-0.05, 0) is 12.1 Å². The molecule has 0 aliphatic carbocycles. The Labute approximate surface area is 91.3 Å². The van der Waals surface area contributed by atoms with E-state index in [9.17, 15) is 0 Å². The number of nitrogens with zero attached hydrogens (tertiary/aromatic N) is 3. The highest BCUT2D eigenvalue weighted by Crippen LogP contribution is 2.22. The van der Waals surface area contributed by atoms with E-state index >= 15 is 0 Å². The third kappa shape index (κ3) is 2.03. The Morgan fingerprint density at radius 1 is 1.20 bits per heavy atom. The van der Waals surface area contributed by atoms with Crippen LogP contribution < -0.4 is 11.3 Å². The first-order chi connectivity index (χ1) is 7.31. The average Bonchev–Trinajstić information content (AvgIpc) is 2.30. The fourth-order valence-corrected chi connectivity index (χ4v) is 1.31. The molecule has 0 aliphatic rings. The van der Waals surface area contributed by atoms with E-state index in [0.29, 0.717) is 22.4 Å². The predicted octanol–water partition coefficient (Wildman–Crippen LogP) is 1.48. The Morgan fingerprint density at radius 2 is 2.07 bits per heavy atom. The smallest absolute Gasteiger partial charge is 0.181 e. The van der Waals surface area contributed by atoms with Crippen LogP contribution in [0.25, 0.3) is 11.5 Å². The van der Waals surface area contributed by atoms with Gasteiger partial charge in [0.2, 0.25) is 0 Å². The first-order valence-electron chi connectivity index (χ1n) is 4.22. The molecule has 0 aromatic carbocycles. The summed E-state index contributed by atoms with van der Waals surface area (Å²) in [4.78, 5) is 12.3. The second kappa shape index (κ2) is 4.20. The predicted molar refractivity (Wildman–Crippen MR) is 58.1 cm³/mol. The summed E-state index contributed by atoms with van der Waals surface area (Å²) < 4.78 is 0. The Morgan fingerprint density at radius 3 is 2.80 bits per heavy atom. The van der Waals surface area contributed by atoms with Gasteiger partial charge in [-0.2, -0.15) is 0 Å². The van der Waals surface area contributed by atoms with Gasteiger partial charge in [0.05, 0.1) is 5.02 Å². The molecule has 5 nitrogen and oxygen atoms in total. The molecule has 0 unspecified atom stereocenters. The number of aromatic nitrogens is 3. The molecule has 2 rings (SSSR count). The topological polar surface area (TPSA) is 76.7 Å². The van der Waals surface area contributed by atoms with Crippen molar-refractivity contribution in [1.82, 2.24) is 15.0 Å². The number of pyridine rings is 1. The summed E-state index contributed by atoms with van der Waals surface area (Å²) in [6.45, 7) is 0. The molecule has 0 saturated heterocycles. The number of nitrogens with one attached hydrogen (secondary N) is 1. The molecule has 76 valence electrons. The molecule has 0 aliphatic heterocycles. The molecule has 0 atom stereocenters. The maximum Gasteiger partial charge on any atom is 0.181 e. The molecule has 0 amide bonds. The van der Waals surface area contributed by atoms with Crippen LogP contribution in [-0.2, 0) is 0 Å². The number of hydrogen-bond donors (Lipinski definition) is 2. The van der Waals surface area contributed by atoms with E-state index in [1.165, 1.54) is 0 Å². The number of nitrogen functional groups attached to an aromatic ring is 1. The van der Waals surface area contributed by atoms with Crippen LogP contribution in [0.5, 0.6) is 0 Å². The largest absolute Gasteiger partial charge is 0.308 e. The molecule has 2 aromatic rings. The lowest BCUT2D eigenvalue weighted by atomic mass is 10.3. The maximum absolute atomic E-state index is 5.96. The Hall–Kier alpha value is -1.72. The highest BCUT2D eigenvalue weighted by Gasteiger charge is 2.07. The Bertz CT molecular complexity index is 474. The highest BCUT2D eigenvalue weighted by atomic mass is 35.5. The molecule has 2 aromatic heterocycles. The Kier molecular flexibility index (Phi) is 2.75. The van der Waals surface area contributed by atoms with E-state index in [2.05, 4.69) is 20.4 Å². The lowest BCUT2D eigenvalue weighted by Gasteiger charge is -2.03. The summed E-state index contributed by atoms with van der Waals surface area (Å²) in [6.07, 6.45) is 3.22. The zero-order valence-electron chi connectivity index (χ0n) is 7.68. The molecule has 6 heteroatoms. The van der Waals surface area contributed by atoms with E-state index in [0.717, 1.165) is 0 Å². The number of hydrazine groups is 1. The maximum atomic E-state index is 5.96. The monoisotopic (exact) mass is 221 g/mol. The van der Waals surface area contributed by atoms with Crippen molar-refractivity contribution in [1.29, 1.82) is 0 Å². The number of hydrogen-bond acceptors (Lipinski definition) is 5. The Balaban J connectivity index is 2.49. The van der Waals surface area contributed by atoms with E-state index in [1.54, 1.807) is 30.6 Å². The van der Waals surface area contributed by atoms with Crippen molar-refractivity contribution in [3.8, 4) is 11.5 Å². The van der Waals surface area contributed by atoms with Gasteiger partial charge >= 0.3 is 0 Å². The van der Waals surface area contributed by atoms with Crippen molar-refractivity contribution in [3.05, 3.63) is 35.6 Å². The van der Waals surface area contributed by atoms with Crippen LogP contribution in [0, 0.1) is 0 Å². The van der Waals surface area contributed by atoms with Gasteiger partial charge in [-0.15, -0.1) is 0 Å². The molecule has 0 saturated carbocycles. The number of rotatable bonds is 2. The average molecular weight is 222 g/mol. The summed E-state index contributed by atoms with van der Waals surface area (Å²) in [5.41, 5.74) is 2.97. The van der Waals surface area contributed by atoms with Crippen LogP contribution in [0.15, 0.2) is 30.6 Å². The van der Waals surface area contributed by atoms with Gasteiger partial charge < -0.3 is 5.43 Å². The third-order valence-electron chi connectivity index (χ3n) is 1.77. The van der Waals surface area contributed by atoms with Crippen LogP contribution in [0.2, 0.25) is 5.02 Å². The second-order valence-corrected chi connectivity index (χ2v) is 3.15. The van der Waals surface area contributed by atoms with Gasteiger partial charge in [-0.25, -0.2) is 15.8 Å². The van der Waals surface area contributed by atoms with E-state index in [4.69, 9.17) is 17.4 Å². The highest BCUT2D eigenvalue weighted by molar-refractivity contribution is 6.32. The van der Waals surface area contributed by atoms with Crippen LogP contribution >= 0.6 is 11.6 Å². The molecular weight excluding hydrogens is 214 g/mol. The zero-order valence-corrected chi connectivity index (χ0v) is 8.44. The van der Waals surface area contributed by atoms with Crippen LogP contribution in [-0.4, -0.2) is 15.0 Å². The number of nitrogens with two attached hydrogens (primary N) is 1. The van der Waals surface area contributed by atoms with Gasteiger partial charge in [-0.3, -0.25) is 4.98 Å². The van der Waals surface area contributed by atoms with Crippen molar-refractivity contribution < 1.29 is 0 Å². The van der Waals surface area contributed by atoms with Crippen molar-refractivity contribution in [2.45, 2.75) is 0 Å². The molecule has 2 heterocycles. The minimum Gasteiger partial charge on any atom is -0.308 e. The lowest BCUT2D eigenvalue weighted by Crippen LogP contribution is -2.09. The number of anilines is 1.